The smallest absolute Gasteiger partial charge is 0.303 e. The molecule has 0 heterocycles. The monoisotopic (exact) mass is 286 g/mol. The van der Waals surface area contributed by atoms with Crippen LogP contribution < -0.4 is 10.6 Å². The first-order chi connectivity index (χ1) is 9.36. The van der Waals surface area contributed by atoms with Gasteiger partial charge in [0.15, 0.2) is 0 Å². The van der Waals surface area contributed by atoms with Crippen LogP contribution in [0.1, 0.15) is 53.4 Å². The van der Waals surface area contributed by atoms with Crippen molar-refractivity contribution in [1.29, 1.82) is 0 Å². The highest BCUT2D eigenvalue weighted by Gasteiger charge is 2.15. The van der Waals surface area contributed by atoms with E-state index in [2.05, 4.69) is 24.5 Å². The third-order valence-corrected chi connectivity index (χ3v) is 3.55. The molecule has 2 atom stereocenters. The summed E-state index contributed by atoms with van der Waals surface area (Å²) in [6.07, 6.45) is 2.20. The van der Waals surface area contributed by atoms with Gasteiger partial charge in [0.25, 0.3) is 0 Å². The van der Waals surface area contributed by atoms with Crippen molar-refractivity contribution < 1.29 is 14.7 Å². The molecule has 0 rings (SSSR count). The zero-order chi connectivity index (χ0) is 15.5. The molecule has 0 aliphatic carbocycles. The minimum absolute atomic E-state index is 0.0548. The number of aliphatic carboxylic acids is 1. The van der Waals surface area contributed by atoms with Gasteiger partial charge in [0.05, 0.1) is 0 Å². The van der Waals surface area contributed by atoms with E-state index in [1.54, 1.807) is 0 Å². The molecule has 0 saturated heterocycles. The molecule has 1 amide bonds. The Labute approximate surface area is 122 Å². The lowest BCUT2D eigenvalue weighted by Gasteiger charge is -2.20. The molecule has 0 bridgehead atoms. The normalized spacial score (nSPS) is 14.1. The Kier molecular flexibility index (Phi) is 10.1. The van der Waals surface area contributed by atoms with Crippen LogP contribution in [-0.4, -0.2) is 36.1 Å². The topological polar surface area (TPSA) is 78.4 Å². The summed E-state index contributed by atoms with van der Waals surface area (Å²) in [7, 11) is 0. The third-order valence-electron chi connectivity index (χ3n) is 3.55. The summed E-state index contributed by atoms with van der Waals surface area (Å²) in [5, 5.41) is 14.8. The van der Waals surface area contributed by atoms with Gasteiger partial charge in [0, 0.05) is 25.4 Å². The largest absolute Gasteiger partial charge is 0.481 e. The van der Waals surface area contributed by atoms with E-state index in [1.165, 1.54) is 0 Å². The molecule has 0 spiro atoms. The minimum atomic E-state index is -0.751. The molecular formula is C15H30N2O3. The maximum atomic E-state index is 11.7. The predicted molar refractivity (Wildman–Crippen MR) is 80.6 cm³/mol. The molecule has 5 heteroatoms. The lowest BCUT2D eigenvalue weighted by molar-refractivity contribution is -0.137. The van der Waals surface area contributed by atoms with E-state index < -0.39 is 5.97 Å². The van der Waals surface area contributed by atoms with Gasteiger partial charge in [-0.2, -0.15) is 0 Å². The average molecular weight is 286 g/mol. The van der Waals surface area contributed by atoms with Gasteiger partial charge in [-0.15, -0.1) is 0 Å². The Bertz CT molecular complexity index is 293. The van der Waals surface area contributed by atoms with E-state index in [0.717, 1.165) is 13.0 Å². The van der Waals surface area contributed by atoms with Crippen LogP contribution in [0.2, 0.25) is 0 Å². The standard InChI is InChI=1S/C15H30N2O3/c1-5-16-12(4)10-14(18)17-9-8-13(11(2)3)6-7-15(19)20/h11-13,16H,5-10H2,1-4H3,(H,17,18)(H,19,20). The summed E-state index contributed by atoms with van der Waals surface area (Å²) in [4.78, 5) is 22.3. The summed E-state index contributed by atoms with van der Waals surface area (Å²) in [5.41, 5.74) is 0. The number of carboxylic acids is 1. The molecule has 118 valence electrons. The van der Waals surface area contributed by atoms with Crippen molar-refractivity contribution in [3.8, 4) is 0 Å². The molecule has 3 N–H and O–H groups in total. The van der Waals surface area contributed by atoms with Crippen molar-refractivity contribution in [3.05, 3.63) is 0 Å². The molecule has 5 nitrogen and oxygen atoms in total. The van der Waals surface area contributed by atoms with Crippen molar-refractivity contribution in [2.45, 2.75) is 59.4 Å². The van der Waals surface area contributed by atoms with Crippen LogP contribution in [0, 0.1) is 11.8 Å². The first kappa shape index (κ1) is 18.9. The fraction of sp³-hybridized carbons (Fsp3) is 0.867. The summed E-state index contributed by atoms with van der Waals surface area (Å²) in [6.45, 7) is 9.69. The lowest BCUT2D eigenvalue weighted by Crippen LogP contribution is -2.34. The molecular weight excluding hydrogens is 256 g/mol. The van der Waals surface area contributed by atoms with Crippen molar-refractivity contribution in [2.24, 2.45) is 11.8 Å². The van der Waals surface area contributed by atoms with E-state index in [0.29, 0.717) is 31.2 Å². The molecule has 0 saturated carbocycles. The number of hydrogen-bond donors (Lipinski definition) is 3. The predicted octanol–water partition coefficient (Wildman–Crippen LogP) is 2.02. The molecule has 0 fully saturated rings. The van der Waals surface area contributed by atoms with E-state index in [-0.39, 0.29) is 18.4 Å². The highest BCUT2D eigenvalue weighted by atomic mass is 16.4. The maximum Gasteiger partial charge on any atom is 0.303 e. The summed E-state index contributed by atoms with van der Waals surface area (Å²) in [5.74, 6) is 0.0860. The van der Waals surface area contributed by atoms with E-state index >= 15 is 0 Å². The number of hydrogen-bond acceptors (Lipinski definition) is 3. The fourth-order valence-corrected chi connectivity index (χ4v) is 2.29. The van der Waals surface area contributed by atoms with Gasteiger partial charge in [0.1, 0.15) is 0 Å². The molecule has 0 aliphatic rings. The van der Waals surface area contributed by atoms with Gasteiger partial charge in [-0.25, -0.2) is 0 Å². The Morgan fingerprint density at radius 3 is 2.30 bits per heavy atom. The molecule has 0 radical (unpaired) electrons. The van der Waals surface area contributed by atoms with Crippen LogP contribution >= 0.6 is 0 Å². The van der Waals surface area contributed by atoms with Crippen LogP contribution in [0.25, 0.3) is 0 Å². The van der Waals surface area contributed by atoms with Gasteiger partial charge in [-0.3, -0.25) is 9.59 Å². The Morgan fingerprint density at radius 2 is 1.80 bits per heavy atom. The Morgan fingerprint density at radius 1 is 1.15 bits per heavy atom. The van der Waals surface area contributed by atoms with Crippen LogP contribution in [0.3, 0.4) is 0 Å². The van der Waals surface area contributed by atoms with Crippen molar-refractivity contribution >= 4 is 11.9 Å². The average Bonchev–Trinajstić information content (AvgIpc) is 2.32. The number of nitrogens with one attached hydrogen (secondary N) is 2. The van der Waals surface area contributed by atoms with E-state index in [4.69, 9.17) is 5.11 Å². The lowest BCUT2D eigenvalue weighted by atomic mass is 9.88. The van der Waals surface area contributed by atoms with Crippen molar-refractivity contribution in [1.82, 2.24) is 10.6 Å². The Hall–Kier alpha value is -1.10. The first-order valence-corrected chi connectivity index (χ1v) is 7.58. The van der Waals surface area contributed by atoms with Crippen LogP contribution in [-0.2, 0) is 9.59 Å². The Balaban J connectivity index is 3.92. The highest BCUT2D eigenvalue weighted by Crippen LogP contribution is 2.20. The second-order valence-corrected chi connectivity index (χ2v) is 5.74. The van der Waals surface area contributed by atoms with E-state index in [1.807, 2.05) is 13.8 Å². The molecule has 0 aliphatic heterocycles. The van der Waals surface area contributed by atoms with Gasteiger partial charge < -0.3 is 15.7 Å². The number of carbonyl (C=O) groups excluding carboxylic acids is 1. The quantitative estimate of drug-likeness (QED) is 0.543. The van der Waals surface area contributed by atoms with Crippen molar-refractivity contribution in [3.63, 3.8) is 0 Å². The number of carbonyl (C=O) groups is 2. The SMILES string of the molecule is CCNC(C)CC(=O)NCCC(CCC(=O)O)C(C)C. The van der Waals surface area contributed by atoms with E-state index in [9.17, 15) is 9.59 Å². The van der Waals surface area contributed by atoms with Crippen LogP contribution in [0.5, 0.6) is 0 Å². The molecule has 0 aromatic carbocycles. The molecule has 0 aromatic rings. The third kappa shape index (κ3) is 9.78. The fourth-order valence-electron chi connectivity index (χ4n) is 2.29. The number of carboxylic acid groups (broad SMARTS) is 1. The molecule has 0 aromatic heterocycles. The number of amides is 1. The second-order valence-electron chi connectivity index (χ2n) is 5.74. The van der Waals surface area contributed by atoms with Gasteiger partial charge in [-0.1, -0.05) is 20.8 Å². The maximum absolute atomic E-state index is 11.7. The zero-order valence-corrected chi connectivity index (χ0v) is 13.2. The van der Waals surface area contributed by atoms with Gasteiger partial charge in [-0.05, 0) is 38.1 Å². The number of rotatable bonds is 11. The minimum Gasteiger partial charge on any atom is -0.481 e. The first-order valence-electron chi connectivity index (χ1n) is 7.58. The van der Waals surface area contributed by atoms with Gasteiger partial charge >= 0.3 is 5.97 Å². The summed E-state index contributed by atoms with van der Waals surface area (Å²) < 4.78 is 0. The summed E-state index contributed by atoms with van der Waals surface area (Å²) >= 11 is 0. The highest BCUT2D eigenvalue weighted by molar-refractivity contribution is 5.76. The summed E-state index contributed by atoms with van der Waals surface area (Å²) in [6, 6.07) is 0.188. The molecule has 20 heavy (non-hydrogen) atoms. The van der Waals surface area contributed by atoms with Crippen molar-refractivity contribution in [2.75, 3.05) is 13.1 Å². The van der Waals surface area contributed by atoms with Gasteiger partial charge in [0.2, 0.25) is 5.91 Å². The molecule has 2 unspecified atom stereocenters. The zero-order valence-electron chi connectivity index (χ0n) is 13.2. The van der Waals surface area contributed by atoms with Crippen LogP contribution in [0.4, 0.5) is 0 Å². The second kappa shape index (κ2) is 10.7. The van der Waals surface area contributed by atoms with Crippen LogP contribution in [0.15, 0.2) is 0 Å².